The molecule has 0 saturated carbocycles. The number of carbonyl (C=O) groups is 2. The van der Waals surface area contributed by atoms with E-state index in [1.807, 2.05) is 0 Å². The summed E-state index contributed by atoms with van der Waals surface area (Å²) in [5.41, 5.74) is 0.381. The molecule has 1 aliphatic heterocycles. The lowest BCUT2D eigenvalue weighted by molar-refractivity contribution is -0.127. The normalized spacial score (nSPS) is 19.9. The molecule has 98 valence electrons. The number of nitrogens with one attached hydrogen (secondary N) is 1. The van der Waals surface area contributed by atoms with Crippen LogP contribution in [-0.2, 0) is 11.8 Å². The van der Waals surface area contributed by atoms with Crippen LogP contribution in [0.1, 0.15) is 17.4 Å². The summed E-state index contributed by atoms with van der Waals surface area (Å²) in [5.74, 6) is -0.394. The van der Waals surface area contributed by atoms with Gasteiger partial charge < -0.3 is 14.8 Å². The molecule has 2 heterocycles. The minimum Gasteiger partial charge on any atom is -0.353 e. The summed E-state index contributed by atoms with van der Waals surface area (Å²) >= 11 is 11.8. The van der Waals surface area contributed by atoms with Crippen molar-refractivity contribution in [2.75, 3.05) is 13.1 Å². The number of nitrogens with zero attached hydrogens (tertiary/aromatic N) is 2. The largest absolute Gasteiger partial charge is 0.353 e. The van der Waals surface area contributed by atoms with Crippen LogP contribution in [0.2, 0.25) is 10.2 Å². The molecule has 0 bridgehead atoms. The Morgan fingerprint density at radius 1 is 1.50 bits per heavy atom. The number of halogens is 2. The van der Waals surface area contributed by atoms with Crippen molar-refractivity contribution in [2.45, 2.75) is 13.0 Å². The summed E-state index contributed by atoms with van der Waals surface area (Å²) in [6.07, 6.45) is 0. The fraction of sp³-hybridized carbons (Fsp3) is 0.455. The minimum atomic E-state index is -0.487. The molecule has 1 unspecified atom stereocenters. The van der Waals surface area contributed by atoms with Crippen molar-refractivity contribution >= 4 is 35.0 Å². The van der Waals surface area contributed by atoms with E-state index in [1.165, 1.54) is 15.5 Å². The molecule has 0 radical (unpaired) electrons. The van der Waals surface area contributed by atoms with Gasteiger partial charge in [-0.1, -0.05) is 23.2 Å². The highest BCUT2D eigenvalue weighted by Crippen LogP contribution is 2.26. The highest BCUT2D eigenvalue weighted by Gasteiger charge is 2.31. The summed E-state index contributed by atoms with van der Waals surface area (Å²) in [7, 11) is 1.66. The van der Waals surface area contributed by atoms with E-state index in [4.69, 9.17) is 23.2 Å². The standard InChI is InChI=1S/C11H13Cl2N3O2/c1-6-10(17)14-3-4-16(6)11(18)8-5-7(12)9(13)15(8)2/h5-6H,3-4H2,1-2H3,(H,14,17). The maximum Gasteiger partial charge on any atom is 0.271 e. The molecular formula is C11H13Cl2N3O2. The molecule has 1 atom stereocenters. The van der Waals surface area contributed by atoms with E-state index in [0.29, 0.717) is 29.0 Å². The number of amides is 2. The average molecular weight is 290 g/mol. The van der Waals surface area contributed by atoms with Crippen LogP contribution in [0.4, 0.5) is 0 Å². The van der Waals surface area contributed by atoms with Gasteiger partial charge in [0.05, 0.1) is 5.02 Å². The molecule has 0 aliphatic carbocycles. The van der Waals surface area contributed by atoms with E-state index in [-0.39, 0.29) is 11.8 Å². The summed E-state index contributed by atoms with van der Waals surface area (Å²) in [6.45, 7) is 2.63. The van der Waals surface area contributed by atoms with E-state index >= 15 is 0 Å². The van der Waals surface area contributed by atoms with Crippen molar-refractivity contribution in [1.82, 2.24) is 14.8 Å². The second-order valence-corrected chi connectivity index (χ2v) is 4.96. The maximum atomic E-state index is 12.3. The topological polar surface area (TPSA) is 54.3 Å². The van der Waals surface area contributed by atoms with E-state index in [1.54, 1.807) is 14.0 Å². The molecule has 5 nitrogen and oxygen atoms in total. The quantitative estimate of drug-likeness (QED) is 0.847. The second-order valence-electron chi connectivity index (χ2n) is 4.19. The third kappa shape index (κ3) is 2.08. The van der Waals surface area contributed by atoms with Gasteiger partial charge in [0.1, 0.15) is 16.9 Å². The van der Waals surface area contributed by atoms with Crippen molar-refractivity contribution in [1.29, 1.82) is 0 Å². The van der Waals surface area contributed by atoms with Gasteiger partial charge in [0.25, 0.3) is 5.91 Å². The Morgan fingerprint density at radius 3 is 2.72 bits per heavy atom. The number of aromatic nitrogens is 1. The Hall–Kier alpha value is -1.20. The van der Waals surface area contributed by atoms with Crippen molar-refractivity contribution in [3.05, 3.63) is 21.9 Å². The molecule has 1 fully saturated rings. The molecule has 18 heavy (non-hydrogen) atoms. The fourth-order valence-electron chi connectivity index (χ4n) is 1.95. The molecule has 0 spiro atoms. The summed E-state index contributed by atoms with van der Waals surface area (Å²) in [6, 6.07) is 1.03. The first-order valence-corrected chi connectivity index (χ1v) is 6.28. The Labute approximate surface area is 115 Å². The van der Waals surface area contributed by atoms with Crippen molar-refractivity contribution in [2.24, 2.45) is 7.05 Å². The Balaban J connectivity index is 2.30. The third-order valence-electron chi connectivity index (χ3n) is 3.10. The first-order valence-electron chi connectivity index (χ1n) is 5.53. The van der Waals surface area contributed by atoms with Crippen molar-refractivity contribution < 1.29 is 9.59 Å². The van der Waals surface area contributed by atoms with E-state index in [9.17, 15) is 9.59 Å². The van der Waals surface area contributed by atoms with Crippen LogP contribution in [0.3, 0.4) is 0 Å². The molecular weight excluding hydrogens is 277 g/mol. The number of hydrogen-bond acceptors (Lipinski definition) is 2. The highest BCUT2D eigenvalue weighted by atomic mass is 35.5. The number of carbonyl (C=O) groups excluding carboxylic acids is 2. The van der Waals surface area contributed by atoms with Gasteiger partial charge in [-0.15, -0.1) is 0 Å². The van der Waals surface area contributed by atoms with Crippen LogP contribution in [0, 0.1) is 0 Å². The van der Waals surface area contributed by atoms with Crippen LogP contribution >= 0.6 is 23.2 Å². The molecule has 1 saturated heterocycles. The van der Waals surface area contributed by atoms with Gasteiger partial charge in [-0.25, -0.2) is 0 Å². The van der Waals surface area contributed by atoms with Crippen LogP contribution in [0.15, 0.2) is 6.07 Å². The minimum absolute atomic E-state index is 0.152. The summed E-state index contributed by atoms with van der Waals surface area (Å²) in [4.78, 5) is 25.4. The van der Waals surface area contributed by atoms with Crippen molar-refractivity contribution in [3.8, 4) is 0 Å². The van der Waals surface area contributed by atoms with Gasteiger partial charge in [-0.2, -0.15) is 0 Å². The van der Waals surface area contributed by atoms with Crippen LogP contribution in [-0.4, -0.2) is 40.4 Å². The lowest BCUT2D eigenvalue weighted by atomic mass is 10.2. The Morgan fingerprint density at radius 2 is 2.17 bits per heavy atom. The number of piperazine rings is 1. The van der Waals surface area contributed by atoms with E-state index in [0.717, 1.165) is 0 Å². The predicted molar refractivity (Wildman–Crippen MR) is 68.9 cm³/mol. The molecule has 2 amide bonds. The summed E-state index contributed by atoms with van der Waals surface area (Å²) in [5, 5.41) is 3.35. The zero-order valence-electron chi connectivity index (χ0n) is 10.0. The molecule has 1 aromatic heterocycles. The van der Waals surface area contributed by atoms with Gasteiger partial charge in [0, 0.05) is 20.1 Å². The van der Waals surface area contributed by atoms with Gasteiger partial charge in [-0.05, 0) is 13.0 Å². The van der Waals surface area contributed by atoms with Gasteiger partial charge in [0.2, 0.25) is 5.91 Å². The molecule has 7 heteroatoms. The zero-order valence-corrected chi connectivity index (χ0v) is 11.5. The van der Waals surface area contributed by atoms with Crippen LogP contribution < -0.4 is 5.32 Å². The highest BCUT2D eigenvalue weighted by molar-refractivity contribution is 6.41. The monoisotopic (exact) mass is 289 g/mol. The molecule has 1 aliphatic rings. The van der Waals surface area contributed by atoms with Crippen LogP contribution in [0.5, 0.6) is 0 Å². The molecule has 1 N–H and O–H groups in total. The smallest absolute Gasteiger partial charge is 0.271 e. The molecule has 1 aromatic rings. The zero-order chi connectivity index (χ0) is 13.4. The van der Waals surface area contributed by atoms with Gasteiger partial charge >= 0.3 is 0 Å². The van der Waals surface area contributed by atoms with Crippen LogP contribution in [0.25, 0.3) is 0 Å². The maximum absolute atomic E-state index is 12.3. The summed E-state index contributed by atoms with van der Waals surface area (Å²) < 4.78 is 1.52. The number of hydrogen-bond donors (Lipinski definition) is 1. The second kappa shape index (κ2) is 4.82. The lowest BCUT2D eigenvalue weighted by Crippen LogP contribution is -2.56. The molecule has 0 aromatic carbocycles. The fourth-order valence-corrected chi connectivity index (χ4v) is 2.33. The molecule has 2 rings (SSSR count). The first kappa shape index (κ1) is 13.2. The number of rotatable bonds is 1. The Kier molecular flexibility index (Phi) is 3.54. The van der Waals surface area contributed by atoms with Gasteiger partial charge in [-0.3, -0.25) is 9.59 Å². The average Bonchev–Trinajstić information content (AvgIpc) is 2.60. The lowest BCUT2D eigenvalue weighted by Gasteiger charge is -2.32. The van der Waals surface area contributed by atoms with E-state index < -0.39 is 6.04 Å². The van der Waals surface area contributed by atoms with Crippen molar-refractivity contribution in [3.63, 3.8) is 0 Å². The SMILES string of the molecule is CC1C(=O)NCCN1C(=O)c1cc(Cl)c(Cl)n1C. The predicted octanol–water partition coefficient (Wildman–Crippen LogP) is 1.29. The first-order chi connectivity index (χ1) is 8.43. The van der Waals surface area contributed by atoms with E-state index in [2.05, 4.69) is 5.32 Å². The third-order valence-corrected chi connectivity index (χ3v) is 3.94. The van der Waals surface area contributed by atoms with Gasteiger partial charge in [0.15, 0.2) is 0 Å². The Bertz CT molecular complexity index is 513.